The van der Waals surface area contributed by atoms with Crippen LogP contribution < -0.4 is 4.74 Å². The first-order valence-electron chi connectivity index (χ1n) is 7.64. The van der Waals surface area contributed by atoms with Crippen molar-refractivity contribution in [2.24, 2.45) is 5.41 Å². The van der Waals surface area contributed by atoms with Gasteiger partial charge in [-0.15, -0.1) is 6.58 Å². The van der Waals surface area contributed by atoms with Crippen LogP contribution in [0.2, 0.25) is 10.0 Å². The number of ketones is 2. The molecule has 0 aromatic heterocycles. The van der Waals surface area contributed by atoms with Crippen molar-refractivity contribution in [1.29, 1.82) is 0 Å². The average Bonchev–Trinajstić information content (AvgIpc) is 2.87. The molecule has 0 heterocycles. The smallest absolute Gasteiger partial charge is 0.343 e. The van der Waals surface area contributed by atoms with E-state index >= 15 is 0 Å². The Bertz CT molecular complexity index is 756. The molecule has 25 heavy (non-hydrogen) atoms. The van der Waals surface area contributed by atoms with E-state index in [1.165, 1.54) is 14.0 Å². The highest BCUT2D eigenvalue weighted by Crippen LogP contribution is 2.48. The van der Waals surface area contributed by atoms with Gasteiger partial charge in [0.25, 0.3) is 0 Å². The standard InChI is InChI=1S/C18H18Cl2O5/c1-4-18(6-5-10(2)21)8-11-7-12(25-9-13(22)24-3)15(19)16(20)14(11)17(18)23/h4,7H,1,5-6,8-9H2,2-3H3. The molecule has 1 atom stereocenters. The van der Waals surface area contributed by atoms with Gasteiger partial charge in [0.1, 0.15) is 16.6 Å². The van der Waals surface area contributed by atoms with E-state index in [0.29, 0.717) is 24.0 Å². The van der Waals surface area contributed by atoms with Gasteiger partial charge in [0.2, 0.25) is 0 Å². The van der Waals surface area contributed by atoms with Crippen LogP contribution in [-0.2, 0) is 20.7 Å². The molecule has 0 N–H and O–H groups in total. The lowest BCUT2D eigenvalue weighted by Gasteiger charge is -2.22. The lowest BCUT2D eigenvalue weighted by molar-refractivity contribution is -0.142. The average molecular weight is 385 g/mol. The van der Waals surface area contributed by atoms with Gasteiger partial charge in [0, 0.05) is 12.0 Å². The van der Waals surface area contributed by atoms with E-state index in [0.717, 1.165) is 0 Å². The predicted octanol–water partition coefficient (Wildman–Crippen LogP) is 3.83. The summed E-state index contributed by atoms with van der Waals surface area (Å²) in [6.45, 7) is 4.93. The molecule has 1 aliphatic carbocycles. The first-order chi connectivity index (χ1) is 11.8. The highest BCUT2D eigenvalue weighted by molar-refractivity contribution is 6.45. The molecule has 7 heteroatoms. The van der Waals surface area contributed by atoms with Crippen LogP contribution >= 0.6 is 23.2 Å². The number of esters is 1. The fourth-order valence-electron chi connectivity index (χ4n) is 2.88. The Labute approximate surface area is 155 Å². The molecule has 0 radical (unpaired) electrons. The zero-order valence-corrected chi connectivity index (χ0v) is 15.5. The van der Waals surface area contributed by atoms with Gasteiger partial charge in [-0.3, -0.25) is 4.79 Å². The van der Waals surface area contributed by atoms with Gasteiger partial charge in [-0.1, -0.05) is 29.3 Å². The molecule has 0 saturated heterocycles. The number of fused-ring (bicyclic) bond motifs is 1. The summed E-state index contributed by atoms with van der Waals surface area (Å²) in [6, 6.07) is 1.60. The molecule has 0 spiro atoms. The van der Waals surface area contributed by atoms with Crippen LogP contribution in [0.25, 0.3) is 0 Å². The molecular formula is C18H18Cl2O5. The zero-order valence-electron chi connectivity index (χ0n) is 14.0. The van der Waals surface area contributed by atoms with Gasteiger partial charge in [-0.2, -0.15) is 0 Å². The maximum Gasteiger partial charge on any atom is 0.343 e. The second-order valence-electron chi connectivity index (χ2n) is 5.97. The summed E-state index contributed by atoms with van der Waals surface area (Å²) in [5, 5.41) is 0.139. The van der Waals surface area contributed by atoms with E-state index in [4.69, 9.17) is 27.9 Å². The molecule has 1 aliphatic rings. The number of carbonyl (C=O) groups is 3. The number of ether oxygens (including phenoxy) is 2. The van der Waals surface area contributed by atoms with Gasteiger partial charge in [0.15, 0.2) is 12.4 Å². The van der Waals surface area contributed by atoms with Crippen LogP contribution in [0.4, 0.5) is 0 Å². The minimum absolute atomic E-state index is 0.00351. The molecule has 1 aromatic rings. The van der Waals surface area contributed by atoms with Crippen molar-refractivity contribution in [3.8, 4) is 5.75 Å². The number of Topliss-reactive ketones (excluding diaryl/α,β-unsaturated/α-hetero) is 2. The SMILES string of the molecule is C=CC1(CCC(C)=O)Cc2cc(OCC(=O)OC)c(Cl)c(Cl)c2C1=O. The molecule has 0 amide bonds. The van der Waals surface area contributed by atoms with Gasteiger partial charge >= 0.3 is 5.97 Å². The molecule has 0 saturated carbocycles. The molecule has 134 valence electrons. The highest BCUT2D eigenvalue weighted by atomic mass is 35.5. The summed E-state index contributed by atoms with van der Waals surface area (Å²) in [6.07, 6.45) is 2.54. The lowest BCUT2D eigenvalue weighted by Crippen LogP contribution is -2.26. The summed E-state index contributed by atoms with van der Waals surface area (Å²) >= 11 is 12.5. The molecule has 0 aliphatic heterocycles. The molecule has 0 fully saturated rings. The molecular weight excluding hydrogens is 367 g/mol. The number of halogens is 2. The minimum Gasteiger partial charge on any atom is -0.480 e. The largest absolute Gasteiger partial charge is 0.480 e. The van der Waals surface area contributed by atoms with E-state index in [1.807, 2.05) is 0 Å². The van der Waals surface area contributed by atoms with E-state index in [1.54, 1.807) is 12.1 Å². The maximum atomic E-state index is 12.9. The third-order valence-corrected chi connectivity index (χ3v) is 5.18. The molecule has 1 unspecified atom stereocenters. The Kier molecular flexibility index (Phi) is 5.91. The van der Waals surface area contributed by atoms with Crippen molar-refractivity contribution in [3.05, 3.63) is 39.9 Å². The number of hydrogen-bond acceptors (Lipinski definition) is 5. The zero-order chi connectivity index (χ0) is 18.8. The summed E-state index contributed by atoms with van der Waals surface area (Å²) in [4.78, 5) is 35.5. The Hall–Kier alpha value is -1.85. The number of methoxy groups -OCH3 is 1. The Morgan fingerprint density at radius 1 is 1.36 bits per heavy atom. The molecule has 2 rings (SSSR count). The third kappa shape index (κ3) is 3.72. The van der Waals surface area contributed by atoms with Gasteiger partial charge in [-0.25, -0.2) is 4.79 Å². The van der Waals surface area contributed by atoms with Crippen molar-refractivity contribution in [2.75, 3.05) is 13.7 Å². The highest BCUT2D eigenvalue weighted by Gasteiger charge is 2.45. The molecule has 5 nitrogen and oxygen atoms in total. The number of allylic oxidation sites excluding steroid dienone is 1. The summed E-state index contributed by atoms with van der Waals surface area (Å²) < 4.78 is 9.87. The third-order valence-electron chi connectivity index (χ3n) is 4.33. The molecule has 1 aromatic carbocycles. The van der Waals surface area contributed by atoms with Crippen molar-refractivity contribution < 1.29 is 23.9 Å². The van der Waals surface area contributed by atoms with Gasteiger partial charge in [-0.05, 0) is 31.4 Å². The van der Waals surface area contributed by atoms with Crippen LogP contribution in [0.1, 0.15) is 35.7 Å². The Morgan fingerprint density at radius 2 is 2.04 bits per heavy atom. The lowest BCUT2D eigenvalue weighted by atomic mass is 9.79. The second-order valence-corrected chi connectivity index (χ2v) is 6.73. The summed E-state index contributed by atoms with van der Waals surface area (Å²) in [7, 11) is 1.25. The fourth-order valence-corrected chi connectivity index (χ4v) is 3.38. The summed E-state index contributed by atoms with van der Waals surface area (Å²) in [5.74, 6) is -0.568. The minimum atomic E-state index is -0.887. The first-order valence-corrected chi connectivity index (χ1v) is 8.39. The van der Waals surface area contributed by atoms with E-state index < -0.39 is 11.4 Å². The Morgan fingerprint density at radius 3 is 2.60 bits per heavy atom. The quantitative estimate of drug-likeness (QED) is 0.527. The van der Waals surface area contributed by atoms with E-state index in [9.17, 15) is 14.4 Å². The summed E-state index contributed by atoms with van der Waals surface area (Å²) in [5.41, 5.74) is 0.0883. The number of benzene rings is 1. The number of carbonyl (C=O) groups excluding carboxylic acids is 3. The van der Waals surface area contributed by atoms with Gasteiger partial charge < -0.3 is 14.3 Å². The normalized spacial score (nSPS) is 18.6. The van der Waals surface area contributed by atoms with Crippen LogP contribution in [0.5, 0.6) is 5.75 Å². The maximum absolute atomic E-state index is 12.9. The fraction of sp³-hybridized carbons (Fsp3) is 0.389. The molecule has 0 bridgehead atoms. The second kappa shape index (κ2) is 7.58. The van der Waals surface area contributed by atoms with Crippen molar-refractivity contribution in [3.63, 3.8) is 0 Å². The Balaban J connectivity index is 2.38. The monoisotopic (exact) mass is 384 g/mol. The van der Waals surface area contributed by atoms with E-state index in [-0.39, 0.29) is 40.4 Å². The number of hydrogen-bond donors (Lipinski definition) is 0. The van der Waals surface area contributed by atoms with Crippen molar-refractivity contribution >= 4 is 40.7 Å². The van der Waals surface area contributed by atoms with Crippen LogP contribution in [0, 0.1) is 5.41 Å². The van der Waals surface area contributed by atoms with Gasteiger partial charge in [0.05, 0.1) is 17.5 Å². The first kappa shape index (κ1) is 19.5. The van der Waals surface area contributed by atoms with Crippen molar-refractivity contribution in [2.45, 2.75) is 26.2 Å². The van der Waals surface area contributed by atoms with Crippen LogP contribution in [0.15, 0.2) is 18.7 Å². The topological polar surface area (TPSA) is 69.7 Å². The predicted molar refractivity (Wildman–Crippen MR) is 94.6 cm³/mol. The number of rotatable bonds is 7. The van der Waals surface area contributed by atoms with Crippen molar-refractivity contribution in [1.82, 2.24) is 0 Å². The van der Waals surface area contributed by atoms with Crippen LogP contribution in [0.3, 0.4) is 0 Å². The van der Waals surface area contributed by atoms with Crippen LogP contribution in [-0.4, -0.2) is 31.3 Å². The van der Waals surface area contributed by atoms with E-state index in [2.05, 4.69) is 11.3 Å².